The summed E-state index contributed by atoms with van der Waals surface area (Å²) in [4.78, 5) is 24.6. The van der Waals surface area contributed by atoms with Gasteiger partial charge in [0.15, 0.2) is 0 Å². The highest BCUT2D eigenvalue weighted by molar-refractivity contribution is 6.08. The SMILES string of the molecule is Cc1cccc(C(C)C)c1NC(=O)CC(=O)Nc1ccc(C(C)(C)C)cc1. The first-order valence-electron chi connectivity index (χ1n) is 9.37. The van der Waals surface area contributed by atoms with Gasteiger partial charge < -0.3 is 10.6 Å². The molecule has 2 aromatic rings. The third kappa shape index (κ3) is 5.68. The molecule has 0 aliphatic heterocycles. The molecule has 0 aliphatic carbocycles. The van der Waals surface area contributed by atoms with Gasteiger partial charge in [0.2, 0.25) is 11.8 Å². The molecule has 0 atom stereocenters. The summed E-state index contributed by atoms with van der Waals surface area (Å²) < 4.78 is 0. The van der Waals surface area contributed by atoms with Gasteiger partial charge in [0.05, 0.1) is 0 Å². The summed E-state index contributed by atoms with van der Waals surface area (Å²) in [5.74, 6) is -0.346. The molecule has 144 valence electrons. The van der Waals surface area contributed by atoms with Crippen LogP contribution in [0.4, 0.5) is 11.4 Å². The topological polar surface area (TPSA) is 58.2 Å². The molecule has 0 fully saturated rings. The van der Waals surface area contributed by atoms with Gasteiger partial charge in [-0.05, 0) is 47.1 Å². The van der Waals surface area contributed by atoms with Crippen LogP contribution in [0.1, 0.15) is 63.6 Å². The van der Waals surface area contributed by atoms with Gasteiger partial charge in [0.1, 0.15) is 6.42 Å². The minimum absolute atomic E-state index is 0.0596. The monoisotopic (exact) mass is 366 g/mol. The Morgan fingerprint density at radius 2 is 1.52 bits per heavy atom. The highest BCUT2D eigenvalue weighted by Crippen LogP contribution is 2.27. The summed E-state index contributed by atoms with van der Waals surface area (Å²) in [5, 5.41) is 5.70. The van der Waals surface area contributed by atoms with Gasteiger partial charge in [0.25, 0.3) is 0 Å². The van der Waals surface area contributed by atoms with Crippen LogP contribution in [0.15, 0.2) is 42.5 Å². The lowest BCUT2D eigenvalue weighted by Crippen LogP contribution is -2.22. The molecule has 0 saturated carbocycles. The van der Waals surface area contributed by atoms with Crippen molar-refractivity contribution in [3.05, 3.63) is 59.2 Å². The number of benzene rings is 2. The van der Waals surface area contributed by atoms with Crippen molar-refractivity contribution in [3.63, 3.8) is 0 Å². The highest BCUT2D eigenvalue weighted by Gasteiger charge is 2.16. The second kappa shape index (κ2) is 8.38. The molecule has 2 rings (SSSR count). The van der Waals surface area contributed by atoms with Crippen molar-refractivity contribution in [1.29, 1.82) is 0 Å². The molecule has 4 heteroatoms. The molecule has 4 nitrogen and oxygen atoms in total. The van der Waals surface area contributed by atoms with E-state index in [2.05, 4.69) is 45.3 Å². The summed E-state index contributed by atoms with van der Waals surface area (Å²) in [6.07, 6.45) is -0.215. The van der Waals surface area contributed by atoms with E-state index in [9.17, 15) is 9.59 Å². The van der Waals surface area contributed by atoms with Crippen LogP contribution in [-0.4, -0.2) is 11.8 Å². The number of hydrogen-bond acceptors (Lipinski definition) is 2. The van der Waals surface area contributed by atoms with Crippen molar-refractivity contribution >= 4 is 23.2 Å². The van der Waals surface area contributed by atoms with Crippen LogP contribution in [0, 0.1) is 6.92 Å². The van der Waals surface area contributed by atoms with Crippen molar-refractivity contribution in [3.8, 4) is 0 Å². The minimum atomic E-state index is -0.323. The van der Waals surface area contributed by atoms with E-state index < -0.39 is 0 Å². The fourth-order valence-electron chi connectivity index (χ4n) is 2.93. The zero-order valence-corrected chi connectivity index (χ0v) is 17.1. The summed E-state index contributed by atoms with van der Waals surface area (Å²) in [6.45, 7) is 12.5. The molecule has 0 aliphatic rings. The molecule has 0 unspecified atom stereocenters. The maximum Gasteiger partial charge on any atom is 0.233 e. The maximum atomic E-state index is 12.4. The second-order valence-electron chi connectivity index (χ2n) is 8.29. The van der Waals surface area contributed by atoms with E-state index in [0.717, 1.165) is 16.8 Å². The van der Waals surface area contributed by atoms with E-state index in [1.807, 2.05) is 49.4 Å². The first-order chi connectivity index (χ1) is 12.6. The van der Waals surface area contributed by atoms with Gasteiger partial charge in [-0.15, -0.1) is 0 Å². The van der Waals surface area contributed by atoms with Crippen molar-refractivity contribution in [2.24, 2.45) is 0 Å². The van der Waals surface area contributed by atoms with Gasteiger partial charge in [-0.25, -0.2) is 0 Å². The molecule has 0 aromatic heterocycles. The van der Waals surface area contributed by atoms with Crippen LogP contribution < -0.4 is 10.6 Å². The molecule has 2 amide bonds. The predicted molar refractivity (Wildman–Crippen MR) is 112 cm³/mol. The second-order valence-corrected chi connectivity index (χ2v) is 8.29. The Balaban J connectivity index is 2.00. The number of amides is 2. The van der Waals surface area contributed by atoms with Crippen molar-refractivity contribution in [2.45, 2.75) is 59.3 Å². The molecule has 0 heterocycles. The van der Waals surface area contributed by atoms with Crippen LogP contribution in [0.2, 0.25) is 0 Å². The standard InChI is InChI=1S/C23H30N2O2/c1-15(2)19-9-7-8-16(3)22(19)25-21(27)14-20(26)24-18-12-10-17(11-13-18)23(4,5)6/h7-13,15H,14H2,1-6H3,(H,24,26)(H,25,27). The molecule has 0 radical (unpaired) electrons. The Bertz CT molecular complexity index is 815. The van der Waals surface area contributed by atoms with Crippen LogP contribution in [0.3, 0.4) is 0 Å². The third-order valence-corrected chi connectivity index (χ3v) is 4.55. The average molecular weight is 367 g/mol. The van der Waals surface area contributed by atoms with E-state index >= 15 is 0 Å². The Hall–Kier alpha value is -2.62. The van der Waals surface area contributed by atoms with Crippen molar-refractivity contribution in [1.82, 2.24) is 0 Å². The average Bonchev–Trinajstić information content (AvgIpc) is 2.56. The Kier molecular flexibility index (Phi) is 6.42. The number of para-hydroxylation sites is 1. The van der Waals surface area contributed by atoms with E-state index in [1.54, 1.807) is 0 Å². The summed E-state index contributed by atoms with van der Waals surface area (Å²) in [6, 6.07) is 13.7. The normalized spacial score (nSPS) is 11.4. The van der Waals surface area contributed by atoms with Gasteiger partial charge in [-0.1, -0.05) is 65.0 Å². The number of anilines is 2. The van der Waals surface area contributed by atoms with E-state index in [0.29, 0.717) is 5.69 Å². The van der Waals surface area contributed by atoms with Crippen LogP contribution in [0.25, 0.3) is 0 Å². The number of nitrogens with one attached hydrogen (secondary N) is 2. The number of carbonyl (C=O) groups is 2. The van der Waals surface area contributed by atoms with Crippen LogP contribution in [-0.2, 0) is 15.0 Å². The van der Waals surface area contributed by atoms with E-state index in [1.165, 1.54) is 5.56 Å². The summed E-state index contributed by atoms with van der Waals surface area (Å²) in [7, 11) is 0. The van der Waals surface area contributed by atoms with Crippen molar-refractivity contribution < 1.29 is 9.59 Å². The van der Waals surface area contributed by atoms with E-state index in [4.69, 9.17) is 0 Å². The molecule has 2 N–H and O–H groups in total. The fourth-order valence-corrected chi connectivity index (χ4v) is 2.93. The lowest BCUT2D eigenvalue weighted by atomic mass is 9.87. The summed E-state index contributed by atoms with van der Waals surface area (Å²) >= 11 is 0. The molecule has 0 spiro atoms. The first-order valence-corrected chi connectivity index (χ1v) is 9.37. The molecular formula is C23H30N2O2. The lowest BCUT2D eigenvalue weighted by molar-refractivity contribution is -0.123. The number of rotatable bonds is 5. The van der Waals surface area contributed by atoms with E-state index in [-0.39, 0.29) is 29.6 Å². The fraction of sp³-hybridized carbons (Fsp3) is 0.391. The Labute approximate surface area is 162 Å². The lowest BCUT2D eigenvalue weighted by Gasteiger charge is -2.19. The molecule has 0 saturated heterocycles. The third-order valence-electron chi connectivity index (χ3n) is 4.55. The maximum absolute atomic E-state index is 12.4. The van der Waals surface area contributed by atoms with Crippen molar-refractivity contribution in [2.75, 3.05) is 10.6 Å². The highest BCUT2D eigenvalue weighted by atomic mass is 16.2. The number of aryl methyl sites for hydroxylation is 1. The van der Waals surface area contributed by atoms with Gasteiger partial charge >= 0.3 is 0 Å². The zero-order valence-electron chi connectivity index (χ0n) is 17.1. The number of hydrogen-bond donors (Lipinski definition) is 2. The van der Waals surface area contributed by atoms with Crippen LogP contribution in [0.5, 0.6) is 0 Å². The Morgan fingerprint density at radius 1 is 0.926 bits per heavy atom. The Morgan fingerprint density at radius 3 is 2.07 bits per heavy atom. The number of carbonyl (C=O) groups excluding carboxylic acids is 2. The van der Waals surface area contributed by atoms with Gasteiger partial charge in [0, 0.05) is 11.4 Å². The molecular weight excluding hydrogens is 336 g/mol. The quantitative estimate of drug-likeness (QED) is 0.698. The first kappa shape index (κ1) is 20.7. The minimum Gasteiger partial charge on any atom is -0.326 e. The summed E-state index contributed by atoms with van der Waals surface area (Å²) in [5.41, 5.74) is 4.82. The zero-order chi connectivity index (χ0) is 20.2. The molecule has 27 heavy (non-hydrogen) atoms. The predicted octanol–water partition coefficient (Wildman–Crippen LogP) is 5.38. The molecule has 0 bridgehead atoms. The van der Waals surface area contributed by atoms with Gasteiger partial charge in [-0.2, -0.15) is 0 Å². The molecule has 2 aromatic carbocycles. The van der Waals surface area contributed by atoms with Gasteiger partial charge in [-0.3, -0.25) is 9.59 Å². The van der Waals surface area contributed by atoms with Crippen LogP contribution >= 0.6 is 0 Å². The smallest absolute Gasteiger partial charge is 0.233 e. The largest absolute Gasteiger partial charge is 0.326 e.